The lowest BCUT2D eigenvalue weighted by Crippen LogP contribution is -2.13. The molecule has 1 unspecified atom stereocenters. The van der Waals surface area contributed by atoms with Gasteiger partial charge >= 0.3 is 5.97 Å². The van der Waals surface area contributed by atoms with E-state index in [-0.39, 0.29) is 12.5 Å². The van der Waals surface area contributed by atoms with Crippen molar-refractivity contribution in [3.63, 3.8) is 0 Å². The first-order chi connectivity index (χ1) is 8.13. The van der Waals surface area contributed by atoms with Crippen LogP contribution in [0.15, 0.2) is 24.3 Å². The number of para-hydroxylation sites is 2. The number of fused-ring (bicyclic) bond motifs is 1. The summed E-state index contributed by atoms with van der Waals surface area (Å²) in [7, 11) is 0. The molecule has 0 radical (unpaired) electrons. The first-order valence-corrected chi connectivity index (χ1v) is 5.81. The third-order valence-corrected chi connectivity index (χ3v) is 2.90. The fourth-order valence-corrected chi connectivity index (χ4v) is 2.18. The van der Waals surface area contributed by atoms with Crippen LogP contribution < -0.4 is 0 Å². The SMILES string of the molecule is CCc1nc2ccccc2n1C(C)CC(=O)O. The molecular formula is C13H16N2O2. The minimum Gasteiger partial charge on any atom is -0.481 e. The summed E-state index contributed by atoms with van der Waals surface area (Å²) in [6.45, 7) is 3.95. The second kappa shape index (κ2) is 4.57. The van der Waals surface area contributed by atoms with Gasteiger partial charge in [-0.3, -0.25) is 4.79 Å². The summed E-state index contributed by atoms with van der Waals surface area (Å²) in [5.41, 5.74) is 1.94. The maximum Gasteiger partial charge on any atom is 0.305 e. The van der Waals surface area contributed by atoms with E-state index in [1.54, 1.807) is 0 Å². The largest absolute Gasteiger partial charge is 0.481 e. The number of aromatic nitrogens is 2. The van der Waals surface area contributed by atoms with Gasteiger partial charge in [-0.25, -0.2) is 4.98 Å². The Balaban J connectivity index is 2.53. The highest BCUT2D eigenvalue weighted by molar-refractivity contribution is 5.76. The smallest absolute Gasteiger partial charge is 0.305 e. The number of aliphatic carboxylic acids is 1. The van der Waals surface area contributed by atoms with E-state index >= 15 is 0 Å². The summed E-state index contributed by atoms with van der Waals surface area (Å²) in [5.74, 6) is 0.164. The Morgan fingerprint density at radius 1 is 1.47 bits per heavy atom. The van der Waals surface area contributed by atoms with Crippen LogP contribution in [-0.2, 0) is 11.2 Å². The van der Waals surface area contributed by atoms with Crippen molar-refractivity contribution in [2.45, 2.75) is 32.7 Å². The lowest BCUT2D eigenvalue weighted by atomic mass is 10.2. The van der Waals surface area contributed by atoms with E-state index < -0.39 is 5.97 Å². The molecule has 0 saturated heterocycles. The van der Waals surface area contributed by atoms with Crippen molar-refractivity contribution in [2.24, 2.45) is 0 Å². The number of carboxylic acids is 1. The molecule has 1 aromatic heterocycles. The van der Waals surface area contributed by atoms with Gasteiger partial charge in [-0.05, 0) is 19.1 Å². The van der Waals surface area contributed by atoms with E-state index in [2.05, 4.69) is 4.98 Å². The Kier molecular flexibility index (Phi) is 3.13. The Morgan fingerprint density at radius 2 is 2.18 bits per heavy atom. The number of rotatable bonds is 4. The van der Waals surface area contributed by atoms with Crippen molar-refractivity contribution in [1.82, 2.24) is 9.55 Å². The Hall–Kier alpha value is -1.84. The van der Waals surface area contributed by atoms with Crippen LogP contribution >= 0.6 is 0 Å². The minimum atomic E-state index is -0.780. The Morgan fingerprint density at radius 3 is 2.82 bits per heavy atom. The van der Waals surface area contributed by atoms with Crippen LogP contribution in [0.2, 0.25) is 0 Å². The zero-order chi connectivity index (χ0) is 12.4. The van der Waals surface area contributed by atoms with Gasteiger partial charge < -0.3 is 9.67 Å². The molecule has 1 N–H and O–H groups in total. The third kappa shape index (κ3) is 2.16. The van der Waals surface area contributed by atoms with Crippen LogP contribution in [0.5, 0.6) is 0 Å². The van der Waals surface area contributed by atoms with E-state index in [9.17, 15) is 4.79 Å². The van der Waals surface area contributed by atoms with Gasteiger partial charge in [-0.15, -0.1) is 0 Å². The molecule has 2 rings (SSSR count). The van der Waals surface area contributed by atoms with Gasteiger partial charge in [0.2, 0.25) is 0 Å². The van der Waals surface area contributed by atoms with Crippen LogP contribution in [0.3, 0.4) is 0 Å². The van der Waals surface area contributed by atoms with Crippen LogP contribution in [0, 0.1) is 0 Å². The molecule has 1 atom stereocenters. The summed E-state index contributed by atoms with van der Waals surface area (Å²) < 4.78 is 2.03. The molecule has 0 bridgehead atoms. The van der Waals surface area contributed by atoms with Crippen LogP contribution in [-0.4, -0.2) is 20.6 Å². The zero-order valence-electron chi connectivity index (χ0n) is 10.1. The number of carbonyl (C=O) groups is 1. The molecule has 17 heavy (non-hydrogen) atoms. The topological polar surface area (TPSA) is 55.1 Å². The Labute approximate surface area is 99.9 Å². The number of imidazole rings is 1. The highest BCUT2D eigenvalue weighted by Crippen LogP contribution is 2.23. The van der Waals surface area contributed by atoms with Crippen molar-refractivity contribution < 1.29 is 9.90 Å². The normalized spacial score (nSPS) is 12.8. The quantitative estimate of drug-likeness (QED) is 0.881. The van der Waals surface area contributed by atoms with Gasteiger partial charge in [-0.1, -0.05) is 19.1 Å². The van der Waals surface area contributed by atoms with E-state index in [0.29, 0.717) is 0 Å². The first kappa shape index (κ1) is 11.6. The van der Waals surface area contributed by atoms with Gasteiger partial charge in [0.25, 0.3) is 0 Å². The number of hydrogen-bond donors (Lipinski definition) is 1. The molecule has 0 aliphatic carbocycles. The molecular weight excluding hydrogens is 216 g/mol. The third-order valence-electron chi connectivity index (χ3n) is 2.90. The van der Waals surface area contributed by atoms with Crippen LogP contribution in [0.1, 0.15) is 32.1 Å². The maximum absolute atomic E-state index is 10.8. The summed E-state index contributed by atoms with van der Waals surface area (Å²) >= 11 is 0. The standard InChI is InChI=1S/C13H16N2O2/c1-3-12-14-10-6-4-5-7-11(10)15(12)9(2)8-13(16)17/h4-7,9H,3,8H2,1-2H3,(H,16,17). The number of aryl methyl sites for hydroxylation is 1. The fourth-order valence-electron chi connectivity index (χ4n) is 2.18. The lowest BCUT2D eigenvalue weighted by molar-refractivity contribution is -0.137. The molecule has 1 heterocycles. The average molecular weight is 232 g/mol. The molecule has 0 saturated carbocycles. The van der Waals surface area contributed by atoms with Gasteiger partial charge in [0.1, 0.15) is 5.82 Å². The molecule has 0 spiro atoms. The fraction of sp³-hybridized carbons (Fsp3) is 0.385. The number of carboxylic acid groups (broad SMARTS) is 1. The van der Waals surface area contributed by atoms with E-state index in [1.165, 1.54) is 0 Å². The number of nitrogens with zero attached hydrogens (tertiary/aromatic N) is 2. The van der Waals surface area contributed by atoms with Crippen molar-refractivity contribution >= 4 is 17.0 Å². The van der Waals surface area contributed by atoms with Crippen molar-refractivity contribution in [2.75, 3.05) is 0 Å². The minimum absolute atomic E-state index is 0.0742. The Bertz CT molecular complexity index is 545. The predicted octanol–water partition coefficient (Wildman–Crippen LogP) is 2.63. The number of benzene rings is 1. The van der Waals surface area contributed by atoms with Crippen molar-refractivity contribution in [3.8, 4) is 0 Å². The molecule has 4 heteroatoms. The van der Waals surface area contributed by atoms with E-state index in [1.807, 2.05) is 42.7 Å². The molecule has 0 amide bonds. The molecule has 4 nitrogen and oxygen atoms in total. The molecule has 0 fully saturated rings. The summed E-state index contributed by atoms with van der Waals surface area (Å²) in [6, 6.07) is 7.77. The van der Waals surface area contributed by atoms with Gasteiger partial charge in [0, 0.05) is 12.5 Å². The van der Waals surface area contributed by atoms with Crippen molar-refractivity contribution in [3.05, 3.63) is 30.1 Å². The van der Waals surface area contributed by atoms with Gasteiger partial charge in [-0.2, -0.15) is 0 Å². The second-order valence-corrected chi connectivity index (χ2v) is 4.19. The predicted molar refractivity (Wildman–Crippen MR) is 66.1 cm³/mol. The maximum atomic E-state index is 10.8. The van der Waals surface area contributed by atoms with Gasteiger partial charge in [0.15, 0.2) is 0 Å². The summed E-state index contributed by atoms with van der Waals surface area (Å²) in [6.07, 6.45) is 0.923. The second-order valence-electron chi connectivity index (χ2n) is 4.19. The number of hydrogen-bond acceptors (Lipinski definition) is 2. The molecule has 0 aliphatic heterocycles. The van der Waals surface area contributed by atoms with Crippen LogP contribution in [0.4, 0.5) is 0 Å². The first-order valence-electron chi connectivity index (χ1n) is 5.81. The van der Waals surface area contributed by atoms with Crippen molar-refractivity contribution in [1.29, 1.82) is 0 Å². The molecule has 1 aromatic carbocycles. The highest BCUT2D eigenvalue weighted by Gasteiger charge is 2.16. The summed E-state index contributed by atoms with van der Waals surface area (Å²) in [5, 5.41) is 8.88. The highest BCUT2D eigenvalue weighted by atomic mass is 16.4. The molecule has 90 valence electrons. The monoisotopic (exact) mass is 232 g/mol. The van der Waals surface area contributed by atoms with Gasteiger partial charge in [0.05, 0.1) is 17.5 Å². The lowest BCUT2D eigenvalue weighted by Gasteiger charge is -2.15. The average Bonchev–Trinajstić information content (AvgIpc) is 2.66. The van der Waals surface area contributed by atoms with E-state index in [0.717, 1.165) is 23.3 Å². The zero-order valence-corrected chi connectivity index (χ0v) is 10.1. The molecule has 0 aliphatic rings. The summed E-state index contributed by atoms with van der Waals surface area (Å²) in [4.78, 5) is 15.3. The van der Waals surface area contributed by atoms with Crippen LogP contribution in [0.25, 0.3) is 11.0 Å². The molecule has 2 aromatic rings. The van der Waals surface area contributed by atoms with E-state index in [4.69, 9.17) is 5.11 Å².